The summed E-state index contributed by atoms with van der Waals surface area (Å²) in [7, 11) is 1.68. The number of methoxy groups -OCH3 is 1. The lowest BCUT2D eigenvalue weighted by molar-refractivity contribution is 0.105. The summed E-state index contributed by atoms with van der Waals surface area (Å²) in [5, 5.41) is 12.9. The molecule has 2 N–H and O–H groups in total. The van der Waals surface area contributed by atoms with Crippen LogP contribution < -0.4 is 10.1 Å². The maximum atomic E-state index is 9.71. The molecule has 1 rings (SSSR count). The number of benzene rings is 1. The molecule has 1 unspecified atom stereocenters. The van der Waals surface area contributed by atoms with Crippen molar-refractivity contribution in [2.24, 2.45) is 0 Å². The smallest absolute Gasteiger partial charge is 0.120 e. The van der Waals surface area contributed by atoms with Crippen molar-refractivity contribution in [1.82, 2.24) is 5.32 Å². The van der Waals surface area contributed by atoms with Crippen LogP contribution in [0.3, 0.4) is 0 Å². The van der Waals surface area contributed by atoms with Gasteiger partial charge < -0.3 is 19.9 Å². The average molecular weight is 318 g/mol. The predicted molar refractivity (Wildman–Crippen MR) is 75.0 cm³/mol. The highest BCUT2D eigenvalue weighted by molar-refractivity contribution is 9.10. The van der Waals surface area contributed by atoms with Gasteiger partial charge in [-0.1, -0.05) is 22.0 Å². The molecule has 102 valence electrons. The van der Waals surface area contributed by atoms with Crippen LogP contribution in [-0.4, -0.2) is 44.6 Å². The lowest BCUT2D eigenvalue weighted by atomic mass is 10.3. The third-order valence-electron chi connectivity index (χ3n) is 2.32. The Morgan fingerprint density at radius 3 is 3.00 bits per heavy atom. The molecule has 0 saturated carbocycles. The van der Waals surface area contributed by atoms with E-state index >= 15 is 0 Å². The third kappa shape index (κ3) is 6.96. The molecule has 0 fully saturated rings. The summed E-state index contributed by atoms with van der Waals surface area (Å²) in [6, 6.07) is 7.57. The Bertz CT molecular complexity index is 336. The van der Waals surface area contributed by atoms with Gasteiger partial charge in [0.25, 0.3) is 0 Å². The molecule has 1 atom stereocenters. The van der Waals surface area contributed by atoms with Crippen LogP contribution in [0.15, 0.2) is 28.7 Å². The van der Waals surface area contributed by atoms with Crippen molar-refractivity contribution in [3.8, 4) is 5.75 Å². The number of aliphatic hydroxyl groups excluding tert-OH is 1. The molecule has 0 radical (unpaired) electrons. The lowest BCUT2D eigenvalue weighted by Gasteiger charge is -2.13. The maximum absolute atomic E-state index is 9.71. The molecule has 0 saturated heterocycles. The molecule has 0 aromatic heterocycles. The van der Waals surface area contributed by atoms with E-state index in [1.54, 1.807) is 7.11 Å². The second-order valence-electron chi connectivity index (χ2n) is 3.97. The molecular formula is C13H20BrNO3. The number of halogens is 1. The average Bonchev–Trinajstić information content (AvgIpc) is 2.36. The van der Waals surface area contributed by atoms with Gasteiger partial charge in [0.05, 0.1) is 0 Å². The van der Waals surface area contributed by atoms with Crippen LogP contribution in [-0.2, 0) is 4.74 Å². The first kappa shape index (κ1) is 15.4. The molecule has 1 aromatic rings. The van der Waals surface area contributed by atoms with E-state index in [2.05, 4.69) is 21.2 Å². The molecule has 0 aliphatic heterocycles. The number of hydrogen-bond acceptors (Lipinski definition) is 4. The summed E-state index contributed by atoms with van der Waals surface area (Å²) in [5.74, 6) is 0.753. The van der Waals surface area contributed by atoms with Gasteiger partial charge in [-0.25, -0.2) is 0 Å². The minimum Gasteiger partial charge on any atom is -0.491 e. The third-order valence-corrected chi connectivity index (χ3v) is 2.81. The van der Waals surface area contributed by atoms with Crippen LogP contribution >= 0.6 is 15.9 Å². The Morgan fingerprint density at radius 2 is 2.28 bits per heavy atom. The topological polar surface area (TPSA) is 50.7 Å². The van der Waals surface area contributed by atoms with Gasteiger partial charge >= 0.3 is 0 Å². The van der Waals surface area contributed by atoms with Crippen LogP contribution in [0, 0.1) is 0 Å². The summed E-state index contributed by atoms with van der Waals surface area (Å²) >= 11 is 3.37. The van der Waals surface area contributed by atoms with Crippen LogP contribution in [0.25, 0.3) is 0 Å². The highest BCUT2D eigenvalue weighted by atomic mass is 79.9. The zero-order chi connectivity index (χ0) is 13.2. The Hall–Kier alpha value is -0.620. The molecule has 0 heterocycles. The number of aliphatic hydroxyl groups is 1. The highest BCUT2D eigenvalue weighted by Gasteiger charge is 2.04. The summed E-state index contributed by atoms with van der Waals surface area (Å²) in [5.41, 5.74) is 0. The minimum atomic E-state index is -0.508. The number of rotatable bonds is 9. The van der Waals surface area contributed by atoms with E-state index in [4.69, 9.17) is 9.47 Å². The van der Waals surface area contributed by atoms with E-state index in [1.165, 1.54) is 0 Å². The van der Waals surface area contributed by atoms with Crippen LogP contribution in [0.4, 0.5) is 0 Å². The van der Waals surface area contributed by atoms with Gasteiger partial charge in [-0.05, 0) is 31.2 Å². The Balaban J connectivity index is 2.11. The van der Waals surface area contributed by atoms with Crippen LogP contribution in [0.2, 0.25) is 0 Å². The van der Waals surface area contributed by atoms with Crippen molar-refractivity contribution >= 4 is 15.9 Å². The Kier molecular flexibility index (Phi) is 8.00. The molecule has 0 aliphatic carbocycles. The Labute approximate surface area is 116 Å². The molecule has 0 amide bonds. The van der Waals surface area contributed by atoms with Crippen molar-refractivity contribution < 1.29 is 14.6 Å². The quantitative estimate of drug-likeness (QED) is 0.682. The maximum Gasteiger partial charge on any atom is 0.120 e. The molecule has 0 aliphatic rings. The van der Waals surface area contributed by atoms with E-state index in [-0.39, 0.29) is 6.61 Å². The first-order chi connectivity index (χ1) is 8.72. The van der Waals surface area contributed by atoms with Crippen molar-refractivity contribution in [2.45, 2.75) is 12.5 Å². The van der Waals surface area contributed by atoms with E-state index in [9.17, 15) is 5.11 Å². The first-order valence-electron chi connectivity index (χ1n) is 5.98. The van der Waals surface area contributed by atoms with E-state index in [0.717, 1.165) is 29.8 Å². The summed E-state index contributed by atoms with van der Waals surface area (Å²) in [4.78, 5) is 0. The van der Waals surface area contributed by atoms with Gasteiger partial charge in [-0.2, -0.15) is 0 Å². The largest absolute Gasteiger partial charge is 0.491 e. The zero-order valence-electron chi connectivity index (χ0n) is 10.6. The molecule has 4 nitrogen and oxygen atoms in total. The summed E-state index contributed by atoms with van der Waals surface area (Å²) < 4.78 is 11.4. The molecule has 0 spiro atoms. The highest BCUT2D eigenvalue weighted by Crippen LogP contribution is 2.17. The number of ether oxygens (including phenoxy) is 2. The number of hydrogen-bond donors (Lipinski definition) is 2. The van der Waals surface area contributed by atoms with Crippen molar-refractivity contribution in [3.05, 3.63) is 28.7 Å². The molecule has 1 aromatic carbocycles. The summed E-state index contributed by atoms with van der Waals surface area (Å²) in [6.07, 6.45) is 0.432. The normalized spacial score (nSPS) is 12.4. The van der Waals surface area contributed by atoms with Gasteiger partial charge in [-0.15, -0.1) is 0 Å². The monoisotopic (exact) mass is 317 g/mol. The fraction of sp³-hybridized carbons (Fsp3) is 0.538. The van der Waals surface area contributed by atoms with Gasteiger partial charge in [-0.3, -0.25) is 0 Å². The zero-order valence-corrected chi connectivity index (χ0v) is 12.1. The van der Waals surface area contributed by atoms with Crippen molar-refractivity contribution in [1.29, 1.82) is 0 Å². The fourth-order valence-electron chi connectivity index (χ4n) is 1.42. The summed E-state index contributed by atoms with van der Waals surface area (Å²) in [6.45, 7) is 2.38. The van der Waals surface area contributed by atoms with E-state index < -0.39 is 6.10 Å². The standard InChI is InChI=1S/C13H20BrNO3/c1-17-7-3-6-15-9-12(16)10-18-13-5-2-4-11(14)8-13/h2,4-5,8,12,15-16H,3,6-7,9-10H2,1H3. The minimum absolute atomic E-state index is 0.285. The predicted octanol–water partition coefficient (Wildman–Crippen LogP) is 1.81. The lowest BCUT2D eigenvalue weighted by Crippen LogP contribution is -2.32. The molecule has 5 heteroatoms. The first-order valence-corrected chi connectivity index (χ1v) is 6.77. The Morgan fingerprint density at radius 1 is 1.44 bits per heavy atom. The molecule has 18 heavy (non-hydrogen) atoms. The van der Waals surface area contributed by atoms with Crippen molar-refractivity contribution in [3.63, 3.8) is 0 Å². The SMILES string of the molecule is COCCCNCC(O)COc1cccc(Br)c1. The van der Waals surface area contributed by atoms with Crippen LogP contribution in [0.1, 0.15) is 6.42 Å². The second kappa shape index (κ2) is 9.33. The van der Waals surface area contributed by atoms with Gasteiger partial charge in [0.2, 0.25) is 0 Å². The number of nitrogens with one attached hydrogen (secondary N) is 1. The van der Waals surface area contributed by atoms with Gasteiger partial charge in [0, 0.05) is 24.7 Å². The van der Waals surface area contributed by atoms with E-state index in [1.807, 2.05) is 24.3 Å². The van der Waals surface area contributed by atoms with Gasteiger partial charge in [0.15, 0.2) is 0 Å². The van der Waals surface area contributed by atoms with Crippen molar-refractivity contribution in [2.75, 3.05) is 33.4 Å². The van der Waals surface area contributed by atoms with Crippen LogP contribution in [0.5, 0.6) is 5.75 Å². The second-order valence-corrected chi connectivity index (χ2v) is 4.89. The molecular weight excluding hydrogens is 298 g/mol. The fourth-order valence-corrected chi connectivity index (χ4v) is 1.80. The van der Waals surface area contributed by atoms with E-state index in [0.29, 0.717) is 6.54 Å². The van der Waals surface area contributed by atoms with Gasteiger partial charge in [0.1, 0.15) is 18.5 Å². The molecule has 0 bridgehead atoms.